The van der Waals surface area contributed by atoms with Crippen LogP contribution in [-0.2, 0) is 11.2 Å². The van der Waals surface area contributed by atoms with Gasteiger partial charge in [0, 0.05) is 18.7 Å². The molecule has 5 heteroatoms. The number of rotatable bonds is 5. The zero-order valence-corrected chi connectivity index (χ0v) is 15.5. The minimum atomic E-state index is -0.603. The van der Waals surface area contributed by atoms with E-state index in [4.69, 9.17) is 0 Å². The van der Waals surface area contributed by atoms with E-state index in [1.165, 1.54) is 29.8 Å². The molecule has 0 aliphatic carbocycles. The largest absolute Gasteiger partial charge is 0.341 e. The van der Waals surface area contributed by atoms with E-state index in [2.05, 4.69) is 29.6 Å². The van der Waals surface area contributed by atoms with Gasteiger partial charge in [-0.2, -0.15) is 0 Å². The maximum Gasteiger partial charge on any atom is 0.251 e. The maximum absolute atomic E-state index is 13.0. The molecule has 0 radical (unpaired) electrons. The fraction of sp³-hybridized carbons (Fsp3) is 0.364. The van der Waals surface area contributed by atoms with Crippen LogP contribution in [0.15, 0.2) is 54.6 Å². The van der Waals surface area contributed by atoms with E-state index in [0.717, 1.165) is 19.3 Å². The van der Waals surface area contributed by atoms with E-state index >= 15 is 0 Å². The number of amides is 2. The molecular weight excluding hydrogens is 343 g/mol. The van der Waals surface area contributed by atoms with Crippen LogP contribution in [0, 0.1) is 11.7 Å². The number of likely N-dealkylation sites (tertiary alicyclic amines) is 1. The van der Waals surface area contributed by atoms with E-state index in [1.54, 1.807) is 6.92 Å². The van der Waals surface area contributed by atoms with Crippen LogP contribution in [0.1, 0.15) is 35.7 Å². The van der Waals surface area contributed by atoms with Crippen molar-refractivity contribution in [2.75, 3.05) is 13.1 Å². The Kier molecular flexibility index (Phi) is 6.22. The monoisotopic (exact) mass is 368 g/mol. The Morgan fingerprint density at radius 1 is 1.07 bits per heavy atom. The summed E-state index contributed by atoms with van der Waals surface area (Å²) in [7, 11) is 0. The van der Waals surface area contributed by atoms with Gasteiger partial charge in [0.25, 0.3) is 5.91 Å². The zero-order valence-electron chi connectivity index (χ0n) is 15.5. The molecule has 1 saturated heterocycles. The van der Waals surface area contributed by atoms with Crippen LogP contribution < -0.4 is 5.32 Å². The van der Waals surface area contributed by atoms with E-state index in [1.807, 2.05) is 11.0 Å². The normalized spacial score (nSPS) is 16.0. The summed E-state index contributed by atoms with van der Waals surface area (Å²) in [6.45, 7) is 3.12. The summed E-state index contributed by atoms with van der Waals surface area (Å²) >= 11 is 0. The Morgan fingerprint density at radius 3 is 2.33 bits per heavy atom. The van der Waals surface area contributed by atoms with Crippen LogP contribution in [0.4, 0.5) is 4.39 Å². The molecule has 0 bridgehead atoms. The molecule has 27 heavy (non-hydrogen) atoms. The Hall–Kier alpha value is -2.69. The summed E-state index contributed by atoms with van der Waals surface area (Å²) < 4.78 is 13.0. The lowest BCUT2D eigenvalue weighted by Gasteiger charge is -2.33. The van der Waals surface area contributed by atoms with Crippen molar-refractivity contribution in [3.8, 4) is 0 Å². The number of carbonyl (C=O) groups excluding carboxylic acids is 2. The standard InChI is InChI=1S/C22H25FN2O2/c1-16(24-21(26)19-7-9-20(23)10-8-19)22(27)25-13-11-18(12-14-25)15-17-5-3-2-4-6-17/h2-10,16,18H,11-15H2,1H3,(H,24,26)/t16-/m0/s1. The average Bonchev–Trinajstić information content (AvgIpc) is 2.69. The summed E-state index contributed by atoms with van der Waals surface area (Å²) in [5, 5.41) is 2.71. The van der Waals surface area contributed by atoms with Crippen molar-refractivity contribution >= 4 is 11.8 Å². The smallest absolute Gasteiger partial charge is 0.251 e. The van der Waals surface area contributed by atoms with Crippen LogP contribution >= 0.6 is 0 Å². The highest BCUT2D eigenvalue weighted by molar-refractivity contribution is 5.97. The average molecular weight is 368 g/mol. The van der Waals surface area contributed by atoms with Crippen molar-refractivity contribution in [2.45, 2.75) is 32.2 Å². The van der Waals surface area contributed by atoms with Crippen molar-refractivity contribution in [2.24, 2.45) is 5.92 Å². The summed E-state index contributed by atoms with van der Waals surface area (Å²) in [5.74, 6) is -0.243. The second kappa shape index (κ2) is 8.80. The van der Waals surface area contributed by atoms with Crippen LogP contribution in [-0.4, -0.2) is 35.8 Å². The number of nitrogens with zero attached hydrogens (tertiary/aromatic N) is 1. The van der Waals surface area contributed by atoms with Gasteiger partial charge in [-0.05, 0) is 61.9 Å². The first-order valence-corrected chi connectivity index (χ1v) is 9.42. The lowest BCUT2D eigenvalue weighted by molar-refractivity contribution is -0.134. The van der Waals surface area contributed by atoms with Crippen molar-refractivity contribution in [1.82, 2.24) is 10.2 Å². The summed E-state index contributed by atoms with van der Waals surface area (Å²) in [5.41, 5.74) is 1.68. The number of nitrogens with one attached hydrogen (secondary N) is 1. The van der Waals surface area contributed by atoms with Crippen molar-refractivity contribution in [3.05, 3.63) is 71.5 Å². The molecule has 4 nitrogen and oxygen atoms in total. The van der Waals surface area contributed by atoms with Crippen LogP contribution in [0.3, 0.4) is 0 Å². The molecule has 1 atom stereocenters. The van der Waals surface area contributed by atoms with E-state index in [0.29, 0.717) is 24.6 Å². The third-order valence-corrected chi connectivity index (χ3v) is 5.12. The number of benzene rings is 2. The predicted octanol–water partition coefficient (Wildman–Crippen LogP) is 3.43. The third kappa shape index (κ3) is 5.16. The molecule has 1 heterocycles. The molecule has 1 N–H and O–H groups in total. The maximum atomic E-state index is 13.0. The molecule has 2 aromatic carbocycles. The fourth-order valence-electron chi connectivity index (χ4n) is 3.52. The molecule has 1 aliphatic rings. The molecule has 0 saturated carbocycles. The topological polar surface area (TPSA) is 49.4 Å². The molecule has 2 aromatic rings. The SMILES string of the molecule is C[C@H](NC(=O)c1ccc(F)cc1)C(=O)N1CCC(Cc2ccccc2)CC1. The quantitative estimate of drug-likeness (QED) is 0.879. The second-order valence-corrected chi connectivity index (χ2v) is 7.16. The summed E-state index contributed by atoms with van der Waals surface area (Å²) in [4.78, 5) is 26.7. The lowest BCUT2D eigenvalue weighted by atomic mass is 9.90. The van der Waals surface area contributed by atoms with Crippen molar-refractivity contribution < 1.29 is 14.0 Å². The first kappa shape index (κ1) is 19.1. The molecule has 1 fully saturated rings. The minimum Gasteiger partial charge on any atom is -0.341 e. The van der Waals surface area contributed by atoms with Gasteiger partial charge in [-0.25, -0.2) is 4.39 Å². The van der Waals surface area contributed by atoms with Crippen LogP contribution in [0.2, 0.25) is 0 Å². The summed E-state index contributed by atoms with van der Waals surface area (Å²) in [6, 6.07) is 15.1. The Bertz CT molecular complexity index is 769. The number of hydrogen-bond donors (Lipinski definition) is 1. The van der Waals surface area contributed by atoms with Gasteiger partial charge >= 0.3 is 0 Å². The van der Waals surface area contributed by atoms with E-state index < -0.39 is 11.9 Å². The number of hydrogen-bond acceptors (Lipinski definition) is 2. The van der Waals surface area contributed by atoms with Gasteiger partial charge in [0.05, 0.1) is 0 Å². The number of carbonyl (C=O) groups is 2. The second-order valence-electron chi connectivity index (χ2n) is 7.16. The molecule has 0 unspecified atom stereocenters. The van der Waals surface area contributed by atoms with Crippen LogP contribution in [0.5, 0.6) is 0 Å². The molecule has 142 valence electrons. The van der Waals surface area contributed by atoms with Crippen molar-refractivity contribution in [1.29, 1.82) is 0 Å². The molecular formula is C22H25FN2O2. The van der Waals surface area contributed by atoms with Crippen molar-refractivity contribution in [3.63, 3.8) is 0 Å². The first-order valence-electron chi connectivity index (χ1n) is 9.42. The predicted molar refractivity (Wildman–Crippen MR) is 103 cm³/mol. The van der Waals surface area contributed by atoms with E-state index in [-0.39, 0.29) is 11.8 Å². The van der Waals surface area contributed by atoms with Gasteiger partial charge < -0.3 is 10.2 Å². The third-order valence-electron chi connectivity index (χ3n) is 5.12. The highest BCUT2D eigenvalue weighted by Gasteiger charge is 2.27. The Labute approximate surface area is 159 Å². The van der Waals surface area contributed by atoms with Gasteiger partial charge in [-0.3, -0.25) is 9.59 Å². The fourth-order valence-corrected chi connectivity index (χ4v) is 3.52. The molecule has 0 aromatic heterocycles. The number of piperidine rings is 1. The Morgan fingerprint density at radius 2 is 1.70 bits per heavy atom. The number of halogens is 1. The first-order chi connectivity index (χ1) is 13.0. The van der Waals surface area contributed by atoms with Gasteiger partial charge in [0.2, 0.25) is 5.91 Å². The van der Waals surface area contributed by atoms with Gasteiger partial charge in [-0.1, -0.05) is 30.3 Å². The highest BCUT2D eigenvalue weighted by atomic mass is 19.1. The highest BCUT2D eigenvalue weighted by Crippen LogP contribution is 2.22. The van der Waals surface area contributed by atoms with Gasteiger partial charge in [0.1, 0.15) is 11.9 Å². The van der Waals surface area contributed by atoms with Crippen LogP contribution in [0.25, 0.3) is 0 Å². The Balaban J connectivity index is 1.48. The van der Waals surface area contributed by atoms with Gasteiger partial charge in [-0.15, -0.1) is 0 Å². The zero-order chi connectivity index (χ0) is 19.2. The summed E-state index contributed by atoms with van der Waals surface area (Å²) in [6.07, 6.45) is 2.98. The van der Waals surface area contributed by atoms with E-state index in [9.17, 15) is 14.0 Å². The lowest BCUT2D eigenvalue weighted by Crippen LogP contribution is -2.49. The molecule has 2 amide bonds. The molecule has 3 rings (SSSR count). The molecule has 1 aliphatic heterocycles. The minimum absolute atomic E-state index is 0.0661. The van der Waals surface area contributed by atoms with Gasteiger partial charge in [0.15, 0.2) is 0 Å². The molecule has 0 spiro atoms.